The lowest BCUT2D eigenvalue weighted by atomic mass is 10.1. The molecule has 3 nitrogen and oxygen atoms in total. The third-order valence-corrected chi connectivity index (χ3v) is 3.77. The molecule has 2 aromatic rings. The predicted molar refractivity (Wildman–Crippen MR) is 92.1 cm³/mol. The number of anilines is 2. The van der Waals surface area contributed by atoms with E-state index >= 15 is 0 Å². The van der Waals surface area contributed by atoms with E-state index in [0.29, 0.717) is 17.1 Å². The second kappa shape index (κ2) is 7.22. The fraction of sp³-hybridized carbons (Fsp3) is 0.278. The summed E-state index contributed by atoms with van der Waals surface area (Å²) in [5.41, 5.74) is 2.70. The van der Waals surface area contributed by atoms with Crippen LogP contribution in [-0.2, 0) is 0 Å². The van der Waals surface area contributed by atoms with E-state index in [1.54, 1.807) is 30.4 Å². The molecule has 122 valence electrons. The zero-order chi connectivity index (χ0) is 17.0. The van der Waals surface area contributed by atoms with Crippen LogP contribution in [0.2, 0.25) is 0 Å². The Bertz CT molecular complexity index is 713. The quantitative estimate of drug-likeness (QED) is 0.590. The highest BCUT2D eigenvalue weighted by molar-refractivity contribution is 5.73. The Hall–Kier alpha value is -2.43. The van der Waals surface area contributed by atoms with Gasteiger partial charge in [-0.3, -0.25) is 0 Å². The van der Waals surface area contributed by atoms with Gasteiger partial charge in [0.2, 0.25) is 0 Å². The van der Waals surface area contributed by atoms with Crippen molar-refractivity contribution in [2.45, 2.75) is 13.8 Å². The maximum atomic E-state index is 14.0. The van der Waals surface area contributed by atoms with Crippen LogP contribution in [0.1, 0.15) is 12.5 Å². The molecule has 0 saturated carbocycles. The molecule has 5 heteroatoms. The molecule has 0 spiro atoms. The van der Waals surface area contributed by atoms with E-state index in [1.807, 2.05) is 25.8 Å². The van der Waals surface area contributed by atoms with Crippen molar-refractivity contribution >= 4 is 23.4 Å². The molecular formula is C18H21F2N3. The van der Waals surface area contributed by atoms with Crippen LogP contribution in [0.15, 0.2) is 41.4 Å². The first-order valence-corrected chi connectivity index (χ1v) is 7.46. The van der Waals surface area contributed by atoms with Gasteiger partial charge >= 0.3 is 0 Å². The molecule has 0 aromatic heterocycles. The third kappa shape index (κ3) is 4.06. The monoisotopic (exact) mass is 317 g/mol. The second-order valence-corrected chi connectivity index (χ2v) is 5.43. The topological polar surface area (TPSA) is 18.8 Å². The number of aliphatic imine (C=N–C) groups is 1. The van der Waals surface area contributed by atoms with Gasteiger partial charge in [-0.25, -0.2) is 13.8 Å². The number of rotatable bonds is 5. The Kier molecular flexibility index (Phi) is 5.32. The van der Waals surface area contributed by atoms with Crippen LogP contribution in [0.4, 0.5) is 25.8 Å². The summed E-state index contributed by atoms with van der Waals surface area (Å²) in [6.07, 6.45) is 1.67. The normalized spacial score (nSPS) is 11.0. The van der Waals surface area contributed by atoms with Crippen LogP contribution >= 0.6 is 0 Å². The highest BCUT2D eigenvalue weighted by Gasteiger charge is 2.13. The fourth-order valence-electron chi connectivity index (χ4n) is 2.20. The highest BCUT2D eigenvalue weighted by atomic mass is 19.1. The Morgan fingerprint density at radius 2 is 1.83 bits per heavy atom. The average molecular weight is 317 g/mol. The molecule has 0 heterocycles. The lowest BCUT2D eigenvalue weighted by molar-refractivity contribution is 0.552. The summed E-state index contributed by atoms with van der Waals surface area (Å²) in [7, 11) is 3.68. The smallest absolute Gasteiger partial charge is 0.127 e. The Morgan fingerprint density at radius 1 is 1.09 bits per heavy atom. The summed E-state index contributed by atoms with van der Waals surface area (Å²) >= 11 is 0. The molecule has 0 amide bonds. The van der Waals surface area contributed by atoms with E-state index in [4.69, 9.17) is 0 Å². The van der Waals surface area contributed by atoms with Gasteiger partial charge in [-0.1, -0.05) is 6.07 Å². The molecule has 0 fully saturated rings. The molecule has 23 heavy (non-hydrogen) atoms. The van der Waals surface area contributed by atoms with Crippen LogP contribution in [0.3, 0.4) is 0 Å². The Morgan fingerprint density at radius 3 is 2.48 bits per heavy atom. The van der Waals surface area contributed by atoms with E-state index in [2.05, 4.69) is 4.99 Å². The lowest BCUT2D eigenvalue weighted by Gasteiger charge is -2.22. The summed E-state index contributed by atoms with van der Waals surface area (Å²) in [5.74, 6) is -0.702. The zero-order valence-electron chi connectivity index (χ0n) is 13.8. The summed E-state index contributed by atoms with van der Waals surface area (Å²) in [4.78, 5) is 8.01. The summed E-state index contributed by atoms with van der Waals surface area (Å²) in [6.45, 7) is 4.70. The van der Waals surface area contributed by atoms with Gasteiger partial charge in [0.1, 0.15) is 11.6 Å². The molecule has 2 aromatic carbocycles. The fourth-order valence-corrected chi connectivity index (χ4v) is 2.20. The minimum atomic E-state index is -0.375. The Balaban J connectivity index is 2.43. The number of hydrogen-bond acceptors (Lipinski definition) is 2. The highest BCUT2D eigenvalue weighted by Crippen LogP contribution is 2.33. The molecule has 0 saturated heterocycles. The van der Waals surface area contributed by atoms with Gasteiger partial charge < -0.3 is 9.80 Å². The minimum absolute atomic E-state index is 0.328. The third-order valence-electron chi connectivity index (χ3n) is 3.77. The SMILES string of the molecule is CCN(C)C=Nc1cc(F)cc(N(C)c2cccc(F)c2)c1C. The minimum Gasteiger partial charge on any atom is -0.366 e. The summed E-state index contributed by atoms with van der Waals surface area (Å²) in [5, 5.41) is 0. The van der Waals surface area contributed by atoms with Crippen molar-refractivity contribution in [1.82, 2.24) is 4.90 Å². The predicted octanol–water partition coefficient (Wildman–Crippen LogP) is 4.65. The second-order valence-electron chi connectivity index (χ2n) is 5.43. The molecule has 0 aliphatic rings. The van der Waals surface area contributed by atoms with Crippen LogP contribution in [0, 0.1) is 18.6 Å². The molecule has 0 bridgehead atoms. The molecule has 0 N–H and O–H groups in total. The number of benzene rings is 2. The molecule has 2 rings (SSSR count). The molecule has 0 radical (unpaired) electrons. The van der Waals surface area contributed by atoms with Gasteiger partial charge in [-0.05, 0) is 49.7 Å². The van der Waals surface area contributed by atoms with Crippen molar-refractivity contribution in [2.75, 3.05) is 25.5 Å². The number of halogens is 2. The molecule has 0 unspecified atom stereocenters. The molecule has 0 aliphatic heterocycles. The van der Waals surface area contributed by atoms with Crippen LogP contribution in [0.5, 0.6) is 0 Å². The number of hydrogen-bond donors (Lipinski definition) is 0. The van der Waals surface area contributed by atoms with E-state index in [1.165, 1.54) is 24.3 Å². The van der Waals surface area contributed by atoms with Crippen molar-refractivity contribution in [1.29, 1.82) is 0 Å². The van der Waals surface area contributed by atoms with Gasteiger partial charge in [0.25, 0.3) is 0 Å². The van der Waals surface area contributed by atoms with E-state index < -0.39 is 0 Å². The van der Waals surface area contributed by atoms with Gasteiger partial charge in [-0.2, -0.15) is 0 Å². The van der Waals surface area contributed by atoms with Crippen molar-refractivity contribution in [2.24, 2.45) is 4.99 Å². The van der Waals surface area contributed by atoms with Crippen molar-refractivity contribution in [3.63, 3.8) is 0 Å². The van der Waals surface area contributed by atoms with Crippen LogP contribution in [-0.4, -0.2) is 31.9 Å². The largest absolute Gasteiger partial charge is 0.366 e. The van der Waals surface area contributed by atoms with Crippen LogP contribution < -0.4 is 4.90 Å². The Labute approximate surface area is 135 Å². The van der Waals surface area contributed by atoms with Gasteiger partial charge in [0, 0.05) is 32.0 Å². The maximum Gasteiger partial charge on any atom is 0.127 e. The summed E-state index contributed by atoms with van der Waals surface area (Å²) in [6, 6.07) is 9.04. The number of nitrogens with zero attached hydrogens (tertiary/aromatic N) is 3. The first-order chi connectivity index (χ1) is 10.9. The molecule has 0 atom stereocenters. The van der Waals surface area contributed by atoms with E-state index in [-0.39, 0.29) is 11.6 Å². The maximum absolute atomic E-state index is 14.0. The van der Waals surface area contributed by atoms with Gasteiger partial charge in [0.15, 0.2) is 0 Å². The van der Waals surface area contributed by atoms with E-state index in [0.717, 1.165) is 12.1 Å². The first kappa shape index (κ1) is 16.9. The zero-order valence-corrected chi connectivity index (χ0v) is 13.8. The van der Waals surface area contributed by atoms with Crippen LogP contribution in [0.25, 0.3) is 0 Å². The van der Waals surface area contributed by atoms with E-state index in [9.17, 15) is 8.78 Å². The average Bonchev–Trinajstić information content (AvgIpc) is 2.54. The van der Waals surface area contributed by atoms with Crippen molar-refractivity contribution in [3.05, 3.63) is 53.6 Å². The van der Waals surface area contributed by atoms with Crippen molar-refractivity contribution in [3.8, 4) is 0 Å². The first-order valence-electron chi connectivity index (χ1n) is 7.46. The van der Waals surface area contributed by atoms with Gasteiger partial charge in [-0.15, -0.1) is 0 Å². The van der Waals surface area contributed by atoms with Crippen molar-refractivity contribution < 1.29 is 8.78 Å². The summed E-state index contributed by atoms with van der Waals surface area (Å²) < 4.78 is 27.4. The molecular weight excluding hydrogens is 296 g/mol. The van der Waals surface area contributed by atoms with Gasteiger partial charge in [0.05, 0.1) is 12.0 Å². The lowest BCUT2D eigenvalue weighted by Crippen LogP contribution is -2.14. The molecule has 0 aliphatic carbocycles. The standard InChI is InChI=1S/C18H21F2N3/c1-5-22(3)12-21-17-10-15(20)11-18(13(17)2)23(4)16-8-6-7-14(19)9-16/h6-12H,5H2,1-4H3.